The highest BCUT2D eigenvalue weighted by molar-refractivity contribution is 5.78. The predicted molar refractivity (Wildman–Crippen MR) is 110 cm³/mol. The van der Waals surface area contributed by atoms with E-state index in [-0.39, 0.29) is 23.5 Å². The van der Waals surface area contributed by atoms with Crippen LogP contribution in [0.15, 0.2) is 30.3 Å². The van der Waals surface area contributed by atoms with Gasteiger partial charge in [-0.2, -0.15) is 0 Å². The van der Waals surface area contributed by atoms with Crippen LogP contribution in [0.4, 0.5) is 0 Å². The number of carbonyl (C=O) groups is 1. The number of aliphatic hydroxyl groups is 1. The zero-order valence-electron chi connectivity index (χ0n) is 17.3. The third-order valence-electron chi connectivity index (χ3n) is 6.27. The van der Waals surface area contributed by atoms with Crippen LogP contribution in [-0.4, -0.2) is 86.4 Å². The Kier molecular flexibility index (Phi) is 7.46. The van der Waals surface area contributed by atoms with Gasteiger partial charge in [0.15, 0.2) is 0 Å². The first-order chi connectivity index (χ1) is 13.5. The van der Waals surface area contributed by atoms with E-state index in [0.29, 0.717) is 13.1 Å². The van der Waals surface area contributed by atoms with E-state index >= 15 is 0 Å². The van der Waals surface area contributed by atoms with Crippen molar-refractivity contribution in [3.63, 3.8) is 0 Å². The summed E-state index contributed by atoms with van der Waals surface area (Å²) >= 11 is 0. The van der Waals surface area contributed by atoms with Crippen molar-refractivity contribution in [1.29, 1.82) is 0 Å². The van der Waals surface area contributed by atoms with Gasteiger partial charge in [-0.15, -0.1) is 0 Å². The molecular formula is C22H35N3O3. The molecule has 1 heterocycles. The van der Waals surface area contributed by atoms with Crippen molar-refractivity contribution in [2.24, 2.45) is 0 Å². The van der Waals surface area contributed by atoms with Crippen molar-refractivity contribution in [3.8, 4) is 0 Å². The molecule has 156 valence electrons. The van der Waals surface area contributed by atoms with E-state index in [2.05, 4.69) is 34.5 Å². The molecule has 2 N–H and O–H groups in total. The zero-order valence-corrected chi connectivity index (χ0v) is 17.3. The summed E-state index contributed by atoms with van der Waals surface area (Å²) in [6, 6.07) is 10.7. The van der Waals surface area contributed by atoms with E-state index in [0.717, 1.165) is 52.0 Å². The Balaban J connectivity index is 1.76. The van der Waals surface area contributed by atoms with E-state index in [1.54, 1.807) is 0 Å². The van der Waals surface area contributed by atoms with E-state index in [9.17, 15) is 9.90 Å². The molecule has 0 unspecified atom stereocenters. The predicted octanol–water partition coefficient (Wildman–Crippen LogP) is 1.24. The minimum Gasteiger partial charge on any atom is -0.391 e. The topological polar surface area (TPSA) is 65.0 Å². The molecule has 1 saturated carbocycles. The molecule has 1 saturated heterocycles. The van der Waals surface area contributed by atoms with E-state index in [4.69, 9.17) is 4.74 Å². The molecule has 3 rings (SSSR count). The number of hydrogen-bond donors (Lipinski definition) is 2. The van der Waals surface area contributed by atoms with Gasteiger partial charge in [0.2, 0.25) is 5.91 Å². The van der Waals surface area contributed by atoms with Crippen molar-refractivity contribution in [2.45, 2.75) is 43.2 Å². The van der Waals surface area contributed by atoms with Crippen LogP contribution in [0.3, 0.4) is 0 Å². The van der Waals surface area contributed by atoms with Gasteiger partial charge in [-0.25, -0.2) is 0 Å². The molecule has 0 aromatic heterocycles. The molecule has 6 heteroatoms. The fourth-order valence-corrected chi connectivity index (χ4v) is 4.66. The van der Waals surface area contributed by atoms with Gasteiger partial charge in [0.1, 0.15) is 0 Å². The average Bonchev–Trinajstić information content (AvgIpc) is 2.87. The van der Waals surface area contributed by atoms with Gasteiger partial charge in [-0.3, -0.25) is 9.69 Å². The number of carbonyl (C=O) groups excluding carboxylic acids is 1. The minimum absolute atomic E-state index is 0.0508. The van der Waals surface area contributed by atoms with Crippen LogP contribution < -0.4 is 5.32 Å². The van der Waals surface area contributed by atoms with Crippen molar-refractivity contribution < 1.29 is 14.6 Å². The fourth-order valence-electron chi connectivity index (χ4n) is 4.66. The number of ether oxygens (including phenoxy) is 1. The molecule has 2 aliphatic rings. The summed E-state index contributed by atoms with van der Waals surface area (Å²) in [5.41, 5.74) is 1.13. The number of aliphatic hydroxyl groups excluding tert-OH is 1. The second kappa shape index (κ2) is 9.83. The van der Waals surface area contributed by atoms with Gasteiger partial charge in [-0.05, 0) is 45.3 Å². The quantitative estimate of drug-likeness (QED) is 0.717. The zero-order chi connectivity index (χ0) is 20.0. The first-order valence-electron chi connectivity index (χ1n) is 10.5. The number of likely N-dealkylation sites (N-methyl/N-ethyl adjacent to an activating group) is 1. The standard InChI is InChI=1S/C22H35N3O3/c1-24(2)16-21(27)23-17-22(18-6-4-3-5-7-18)10-8-19(20(26)9-11-22)25-12-14-28-15-13-25/h3-7,19-20,26H,8-17H2,1-2H3,(H,23,27)/t19-,20-,22+/m0/s1. The van der Waals surface area contributed by atoms with Crippen LogP contribution >= 0.6 is 0 Å². The Labute approximate surface area is 168 Å². The lowest BCUT2D eigenvalue weighted by atomic mass is 9.74. The Hall–Kier alpha value is -1.47. The first kappa shape index (κ1) is 21.2. The molecule has 28 heavy (non-hydrogen) atoms. The third-order valence-corrected chi connectivity index (χ3v) is 6.27. The lowest BCUT2D eigenvalue weighted by Gasteiger charge is -2.37. The maximum atomic E-state index is 12.3. The highest BCUT2D eigenvalue weighted by Gasteiger charge is 2.40. The van der Waals surface area contributed by atoms with Crippen molar-refractivity contribution in [2.75, 3.05) is 53.5 Å². The van der Waals surface area contributed by atoms with Gasteiger partial charge < -0.3 is 20.1 Å². The van der Waals surface area contributed by atoms with Crippen LogP contribution in [0.2, 0.25) is 0 Å². The number of benzene rings is 1. The fraction of sp³-hybridized carbons (Fsp3) is 0.682. The summed E-state index contributed by atoms with van der Waals surface area (Å²) in [7, 11) is 3.81. The molecule has 0 bridgehead atoms. The smallest absolute Gasteiger partial charge is 0.234 e. The monoisotopic (exact) mass is 389 g/mol. The van der Waals surface area contributed by atoms with Crippen molar-refractivity contribution in [1.82, 2.24) is 15.1 Å². The Morgan fingerprint density at radius 2 is 1.89 bits per heavy atom. The molecule has 6 nitrogen and oxygen atoms in total. The highest BCUT2D eigenvalue weighted by atomic mass is 16.5. The van der Waals surface area contributed by atoms with Gasteiger partial charge in [0.25, 0.3) is 0 Å². The molecular weight excluding hydrogens is 354 g/mol. The molecule has 1 aromatic carbocycles. The van der Waals surface area contributed by atoms with Crippen LogP contribution in [-0.2, 0) is 14.9 Å². The number of nitrogens with one attached hydrogen (secondary N) is 1. The summed E-state index contributed by atoms with van der Waals surface area (Å²) in [5.74, 6) is 0.0508. The summed E-state index contributed by atoms with van der Waals surface area (Å²) in [4.78, 5) is 16.6. The number of nitrogens with zero attached hydrogens (tertiary/aromatic N) is 2. The molecule has 3 atom stereocenters. The first-order valence-corrected chi connectivity index (χ1v) is 10.5. The summed E-state index contributed by atoms with van der Waals surface area (Å²) < 4.78 is 5.49. The maximum absolute atomic E-state index is 12.3. The molecule has 1 amide bonds. The number of amides is 1. The second-order valence-electron chi connectivity index (χ2n) is 8.52. The van der Waals surface area contributed by atoms with Gasteiger partial charge in [0.05, 0.1) is 25.9 Å². The Morgan fingerprint density at radius 1 is 1.21 bits per heavy atom. The largest absolute Gasteiger partial charge is 0.391 e. The van der Waals surface area contributed by atoms with Gasteiger partial charge >= 0.3 is 0 Å². The van der Waals surface area contributed by atoms with Crippen LogP contribution in [0.1, 0.15) is 31.2 Å². The number of rotatable bonds is 6. The Bertz CT molecular complexity index is 619. The summed E-state index contributed by atoms with van der Waals surface area (Å²) in [6.45, 7) is 4.27. The molecule has 0 radical (unpaired) electrons. The minimum atomic E-state index is -0.332. The maximum Gasteiger partial charge on any atom is 0.234 e. The van der Waals surface area contributed by atoms with Crippen molar-refractivity contribution >= 4 is 5.91 Å². The lowest BCUT2D eigenvalue weighted by molar-refractivity contribution is -0.122. The van der Waals surface area contributed by atoms with Crippen molar-refractivity contribution in [3.05, 3.63) is 35.9 Å². The van der Waals surface area contributed by atoms with Crippen LogP contribution in [0.5, 0.6) is 0 Å². The normalized spacial score (nSPS) is 29.4. The molecule has 2 fully saturated rings. The lowest BCUT2D eigenvalue weighted by Crippen LogP contribution is -2.48. The average molecular weight is 390 g/mol. The molecule has 1 aliphatic carbocycles. The van der Waals surface area contributed by atoms with E-state index in [1.165, 1.54) is 5.56 Å². The van der Waals surface area contributed by atoms with Crippen LogP contribution in [0, 0.1) is 0 Å². The number of morpholine rings is 1. The van der Waals surface area contributed by atoms with Crippen LogP contribution in [0.25, 0.3) is 0 Å². The Morgan fingerprint density at radius 3 is 2.57 bits per heavy atom. The SMILES string of the molecule is CN(C)CC(=O)NC[C@]1(c2ccccc2)CC[C@H](O)[C@@H](N2CCOCC2)CC1. The molecule has 0 spiro atoms. The molecule has 1 aromatic rings. The van der Waals surface area contributed by atoms with Gasteiger partial charge in [0, 0.05) is 31.1 Å². The van der Waals surface area contributed by atoms with E-state index in [1.807, 2.05) is 25.1 Å². The highest BCUT2D eigenvalue weighted by Crippen LogP contribution is 2.39. The second-order valence-corrected chi connectivity index (χ2v) is 8.52. The summed E-state index contributed by atoms with van der Waals surface area (Å²) in [5, 5.41) is 14.1. The van der Waals surface area contributed by atoms with Gasteiger partial charge in [-0.1, -0.05) is 30.3 Å². The molecule has 1 aliphatic heterocycles. The van der Waals surface area contributed by atoms with E-state index < -0.39 is 0 Å². The number of hydrogen-bond acceptors (Lipinski definition) is 5. The third kappa shape index (κ3) is 5.32. The summed E-state index contributed by atoms with van der Waals surface area (Å²) in [6.07, 6.45) is 3.18.